The highest BCUT2D eigenvalue weighted by atomic mass is 127. The molecule has 0 bridgehead atoms. The Hall–Kier alpha value is -1.48. The number of guanidine groups is 1. The highest BCUT2D eigenvalue weighted by Gasteiger charge is 2.06. The van der Waals surface area contributed by atoms with Gasteiger partial charge in [0, 0.05) is 30.3 Å². The lowest BCUT2D eigenvalue weighted by molar-refractivity contribution is 0.431. The van der Waals surface area contributed by atoms with E-state index in [1.807, 2.05) is 18.2 Å². The van der Waals surface area contributed by atoms with Gasteiger partial charge in [-0.1, -0.05) is 31.2 Å². The van der Waals surface area contributed by atoms with Crippen molar-refractivity contribution in [1.29, 1.82) is 0 Å². The lowest BCUT2D eigenvalue weighted by atomic mass is 10.2. The van der Waals surface area contributed by atoms with E-state index in [-0.39, 0.29) is 29.7 Å². The second-order valence-electron chi connectivity index (χ2n) is 5.33. The first kappa shape index (κ1) is 21.6. The Morgan fingerprint density at radius 2 is 1.92 bits per heavy atom. The molecule has 0 amide bonds. The van der Waals surface area contributed by atoms with E-state index in [1.165, 1.54) is 17.0 Å². The second kappa shape index (κ2) is 11.2. The molecule has 0 saturated carbocycles. The third-order valence-electron chi connectivity index (χ3n) is 3.33. The van der Waals surface area contributed by atoms with E-state index in [4.69, 9.17) is 0 Å². The topological polar surface area (TPSA) is 56.7 Å². The number of rotatable bonds is 6. The van der Waals surface area contributed by atoms with Crippen LogP contribution in [0.2, 0.25) is 0 Å². The molecule has 1 atom stereocenters. The fraction of sp³-hybridized carbons (Fsp3) is 0.278. The predicted octanol–water partition coefficient (Wildman–Crippen LogP) is 4.00. The van der Waals surface area contributed by atoms with Crippen LogP contribution < -0.4 is 10.6 Å². The number of phenolic OH excluding ortho intramolecular Hbond substituents is 1. The van der Waals surface area contributed by atoms with Crippen LogP contribution in [0.5, 0.6) is 5.75 Å². The van der Waals surface area contributed by atoms with E-state index in [9.17, 15) is 9.50 Å². The Morgan fingerprint density at radius 1 is 1.20 bits per heavy atom. The quantitative estimate of drug-likeness (QED) is 0.256. The van der Waals surface area contributed by atoms with Crippen molar-refractivity contribution < 1.29 is 9.50 Å². The molecule has 0 aliphatic carbocycles. The first-order valence-corrected chi connectivity index (χ1v) is 8.60. The molecule has 3 N–H and O–H groups in total. The normalized spacial score (nSPS) is 12.2. The first-order chi connectivity index (χ1) is 11.6. The summed E-state index contributed by atoms with van der Waals surface area (Å²) in [6.45, 7) is 3.33. The maximum Gasteiger partial charge on any atom is 0.191 e. The summed E-state index contributed by atoms with van der Waals surface area (Å²) in [6.07, 6.45) is 0. The number of nitrogens with one attached hydrogen (secondary N) is 2. The van der Waals surface area contributed by atoms with Crippen molar-refractivity contribution in [3.63, 3.8) is 0 Å². The predicted molar refractivity (Wildman–Crippen MR) is 113 cm³/mol. The lowest BCUT2D eigenvalue weighted by Crippen LogP contribution is -2.39. The molecule has 2 aromatic carbocycles. The van der Waals surface area contributed by atoms with Crippen LogP contribution in [0.1, 0.15) is 12.5 Å². The van der Waals surface area contributed by atoms with Gasteiger partial charge in [0.15, 0.2) is 17.5 Å². The number of aromatic hydroxyl groups is 1. The van der Waals surface area contributed by atoms with E-state index in [0.717, 1.165) is 12.1 Å². The monoisotopic (exact) mass is 475 g/mol. The molecule has 0 aromatic heterocycles. The zero-order valence-electron chi connectivity index (χ0n) is 14.2. The highest BCUT2D eigenvalue weighted by Crippen LogP contribution is 2.21. The number of nitrogens with zero attached hydrogens (tertiary/aromatic N) is 1. The van der Waals surface area contributed by atoms with Crippen molar-refractivity contribution in [2.45, 2.75) is 23.6 Å². The minimum Gasteiger partial charge on any atom is -0.505 e. The molecule has 1 unspecified atom stereocenters. The molecular weight excluding hydrogens is 452 g/mol. The molecule has 0 heterocycles. The number of aliphatic imine (C=N–C) groups is 1. The fourth-order valence-electron chi connectivity index (χ4n) is 2.08. The third-order valence-corrected chi connectivity index (χ3v) is 4.45. The van der Waals surface area contributed by atoms with Crippen molar-refractivity contribution >= 4 is 41.7 Å². The van der Waals surface area contributed by atoms with Gasteiger partial charge in [0.25, 0.3) is 0 Å². The zero-order valence-corrected chi connectivity index (χ0v) is 17.3. The van der Waals surface area contributed by atoms with Gasteiger partial charge < -0.3 is 15.7 Å². The highest BCUT2D eigenvalue weighted by molar-refractivity contribution is 14.0. The van der Waals surface area contributed by atoms with Crippen LogP contribution >= 0.6 is 35.7 Å². The van der Waals surface area contributed by atoms with Crippen LogP contribution in [0, 0.1) is 5.82 Å². The number of thioether (sulfide) groups is 1. The molecule has 0 saturated heterocycles. The van der Waals surface area contributed by atoms with E-state index < -0.39 is 5.82 Å². The second-order valence-corrected chi connectivity index (χ2v) is 6.85. The summed E-state index contributed by atoms with van der Waals surface area (Å²) in [5.74, 6) is -0.304. The average Bonchev–Trinajstić information content (AvgIpc) is 2.59. The maximum absolute atomic E-state index is 13.3. The fourth-order valence-corrected chi connectivity index (χ4v) is 3.03. The van der Waals surface area contributed by atoms with Crippen LogP contribution in [-0.2, 0) is 6.54 Å². The van der Waals surface area contributed by atoms with Gasteiger partial charge in [0.05, 0.1) is 0 Å². The van der Waals surface area contributed by atoms with Gasteiger partial charge in [-0.2, -0.15) is 0 Å². The Kier molecular flexibility index (Phi) is 9.66. The van der Waals surface area contributed by atoms with Crippen molar-refractivity contribution in [2.24, 2.45) is 4.99 Å². The minimum absolute atomic E-state index is 0. The van der Waals surface area contributed by atoms with Gasteiger partial charge in [-0.25, -0.2) is 4.39 Å². The first-order valence-electron chi connectivity index (χ1n) is 7.72. The molecule has 0 aliphatic rings. The van der Waals surface area contributed by atoms with Crippen LogP contribution in [0.4, 0.5) is 4.39 Å². The van der Waals surface area contributed by atoms with Gasteiger partial charge in [0.2, 0.25) is 0 Å². The van der Waals surface area contributed by atoms with Crippen molar-refractivity contribution in [3.05, 3.63) is 59.9 Å². The Balaban J connectivity index is 0.00000312. The molecule has 136 valence electrons. The molecular formula is C18H23FIN3OS. The molecule has 25 heavy (non-hydrogen) atoms. The summed E-state index contributed by atoms with van der Waals surface area (Å²) < 4.78 is 13.3. The maximum atomic E-state index is 13.3. The van der Waals surface area contributed by atoms with E-state index in [1.54, 1.807) is 24.9 Å². The van der Waals surface area contributed by atoms with E-state index >= 15 is 0 Å². The van der Waals surface area contributed by atoms with Crippen LogP contribution in [-0.4, -0.2) is 29.9 Å². The lowest BCUT2D eigenvalue weighted by Gasteiger charge is -2.16. The molecule has 0 fully saturated rings. The average molecular weight is 475 g/mol. The zero-order chi connectivity index (χ0) is 17.4. The Labute approximate surface area is 169 Å². The summed E-state index contributed by atoms with van der Waals surface area (Å²) in [6, 6.07) is 14.6. The van der Waals surface area contributed by atoms with E-state index in [2.05, 4.69) is 34.7 Å². The van der Waals surface area contributed by atoms with E-state index in [0.29, 0.717) is 17.8 Å². The van der Waals surface area contributed by atoms with Crippen LogP contribution in [0.25, 0.3) is 0 Å². The van der Waals surface area contributed by atoms with Gasteiger partial charge in [-0.05, 0) is 29.8 Å². The number of phenols is 1. The van der Waals surface area contributed by atoms with Gasteiger partial charge in [-0.15, -0.1) is 35.7 Å². The Morgan fingerprint density at radius 3 is 2.56 bits per heavy atom. The molecule has 0 spiro atoms. The summed E-state index contributed by atoms with van der Waals surface area (Å²) in [7, 11) is 1.70. The van der Waals surface area contributed by atoms with Crippen LogP contribution in [0.15, 0.2) is 58.4 Å². The third kappa shape index (κ3) is 7.52. The van der Waals surface area contributed by atoms with Gasteiger partial charge in [0.1, 0.15) is 0 Å². The van der Waals surface area contributed by atoms with Gasteiger partial charge in [-0.3, -0.25) is 4.99 Å². The summed E-state index contributed by atoms with van der Waals surface area (Å²) in [4.78, 5) is 5.39. The largest absolute Gasteiger partial charge is 0.505 e. The van der Waals surface area contributed by atoms with Gasteiger partial charge >= 0.3 is 0 Å². The molecule has 2 rings (SSSR count). The number of halogens is 2. The standard InChI is InChI=1S/C18H22FN3OS.HI/c1-13(24-15-6-4-3-5-7-15)11-21-18(20-2)22-12-14-8-9-17(23)16(19)10-14;/h3-10,13,23H,11-12H2,1-2H3,(H2,20,21,22);1H. The summed E-state index contributed by atoms with van der Waals surface area (Å²) in [5.41, 5.74) is 0.736. The molecule has 7 heteroatoms. The number of hydrogen-bond acceptors (Lipinski definition) is 3. The molecule has 0 radical (unpaired) electrons. The molecule has 0 aliphatic heterocycles. The summed E-state index contributed by atoms with van der Waals surface area (Å²) >= 11 is 1.79. The summed E-state index contributed by atoms with van der Waals surface area (Å²) in [5, 5.41) is 16.0. The van der Waals surface area contributed by atoms with Crippen molar-refractivity contribution in [3.8, 4) is 5.75 Å². The SMILES string of the molecule is CN=C(NCc1ccc(O)c(F)c1)NCC(C)Sc1ccccc1.I. The number of hydrogen-bond donors (Lipinski definition) is 3. The Bertz CT molecular complexity index is 685. The van der Waals surface area contributed by atoms with Crippen LogP contribution in [0.3, 0.4) is 0 Å². The molecule has 4 nitrogen and oxygen atoms in total. The number of benzene rings is 2. The molecule has 2 aromatic rings. The van der Waals surface area contributed by atoms with Crippen molar-refractivity contribution in [2.75, 3.05) is 13.6 Å². The minimum atomic E-state index is -0.620. The smallest absolute Gasteiger partial charge is 0.191 e. The van der Waals surface area contributed by atoms with Crippen molar-refractivity contribution in [1.82, 2.24) is 10.6 Å².